The van der Waals surface area contributed by atoms with Gasteiger partial charge in [-0.25, -0.2) is 10.0 Å². The molecular formula is C14H14N2O2S2. The van der Waals surface area contributed by atoms with Crippen LogP contribution in [0.4, 0.5) is 0 Å². The summed E-state index contributed by atoms with van der Waals surface area (Å²) in [5.74, 6) is -0.0363. The molecule has 0 bridgehead atoms. The van der Waals surface area contributed by atoms with Gasteiger partial charge in [0.15, 0.2) is 4.32 Å². The molecule has 1 aromatic rings. The van der Waals surface area contributed by atoms with Gasteiger partial charge in [0.25, 0.3) is 5.91 Å². The third kappa shape index (κ3) is 2.78. The molecule has 0 aliphatic carbocycles. The monoisotopic (exact) mass is 306 g/mol. The lowest BCUT2D eigenvalue weighted by atomic mass is 10.2. The minimum Gasteiger partial charge on any atom is -0.379 e. The number of benzene rings is 1. The van der Waals surface area contributed by atoms with Crippen LogP contribution in [0.5, 0.6) is 0 Å². The molecule has 0 spiro atoms. The molecule has 2 heterocycles. The fourth-order valence-corrected chi connectivity index (χ4v) is 3.47. The molecule has 0 radical (unpaired) electrons. The third-order valence-corrected chi connectivity index (χ3v) is 4.42. The summed E-state index contributed by atoms with van der Waals surface area (Å²) in [5.41, 5.74) is 1.01. The Morgan fingerprint density at radius 2 is 1.90 bits per heavy atom. The number of nitrogens with zero attached hydrogens (tertiary/aromatic N) is 2. The zero-order valence-corrected chi connectivity index (χ0v) is 12.5. The molecule has 0 saturated carbocycles. The number of thioether (sulfide) groups is 1. The van der Waals surface area contributed by atoms with Gasteiger partial charge < -0.3 is 4.74 Å². The molecule has 0 unspecified atom stereocenters. The van der Waals surface area contributed by atoms with Crippen LogP contribution in [0.3, 0.4) is 0 Å². The Labute approximate surface area is 127 Å². The average Bonchev–Trinajstić information content (AvgIpc) is 2.75. The molecule has 3 rings (SSSR count). The quantitative estimate of drug-likeness (QED) is 0.617. The van der Waals surface area contributed by atoms with Crippen LogP contribution in [-0.4, -0.2) is 46.5 Å². The summed E-state index contributed by atoms with van der Waals surface area (Å²) in [6.07, 6.45) is 1.89. The van der Waals surface area contributed by atoms with Gasteiger partial charge in [-0.3, -0.25) is 4.79 Å². The van der Waals surface area contributed by atoms with E-state index in [2.05, 4.69) is 0 Å². The van der Waals surface area contributed by atoms with Crippen LogP contribution < -0.4 is 0 Å². The first kappa shape index (κ1) is 13.8. The van der Waals surface area contributed by atoms with Crippen molar-refractivity contribution in [2.24, 2.45) is 0 Å². The van der Waals surface area contributed by atoms with Gasteiger partial charge in [-0.15, -0.1) is 0 Å². The zero-order valence-electron chi connectivity index (χ0n) is 10.8. The summed E-state index contributed by atoms with van der Waals surface area (Å²) in [4.78, 5) is 13.2. The maximum Gasteiger partial charge on any atom is 0.280 e. The lowest BCUT2D eigenvalue weighted by Gasteiger charge is -2.33. The summed E-state index contributed by atoms with van der Waals surface area (Å²) in [7, 11) is 0. The van der Waals surface area contributed by atoms with E-state index >= 15 is 0 Å². The van der Waals surface area contributed by atoms with Crippen LogP contribution in [0.2, 0.25) is 0 Å². The summed E-state index contributed by atoms with van der Waals surface area (Å²) in [6.45, 7) is 2.67. The Morgan fingerprint density at radius 3 is 2.60 bits per heavy atom. The second kappa shape index (κ2) is 6.05. The van der Waals surface area contributed by atoms with Crippen LogP contribution >= 0.6 is 24.0 Å². The van der Waals surface area contributed by atoms with E-state index in [-0.39, 0.29) is 5.91 Å². The second-order valence-electron chi connectivity index (χ2n) is 4.47. The lowest BCUT2D eigenvalue weighted by molar-refractivity contribution is -0.138. The molecule has 2 aliphatic rings. The molecule has 1 aromatic carbocycles. The van der Waals surface area contributed by atoms with Crippen molar-refractivity contribution in [1.29, 1.82) is 0 Å². The van der Waals surface area contributed by atoms with E-state index in [0.717, 1.165) is 5.56 Å². The van der Waals surface area contributed by atoms with Gasteiger partial charge in [0.2, 0.25) is 0 Å². The first-order valence-corrected chi connectivity index (χ1v) is 7.64. The summed E-state index contributed by atoms with van der Waals surface area (Å²) in [5, 5.41) is 3.57. The summed E-state index contributed by atoms with van der Waals surface area (Å²) in [6, 6.07) is 9.81. The van der Waals surface area contributed by atoms with Crippen molar-refractivity contribution in [2.45, 2.75) is 0 Å². The van der Waals surface area contributed by atoms with E-state index < -0.39 is 0 Å². The Kier molecular flexibility index (Phi) is 4.16. The van der Waals surface area contributed by atoms with Crippen LogP contribution in [0.15, 0.2) is 35.2 Å². The minimum absolute atomic E-state index is 0.0363. The van der Waals surface area contributed by atoms with Crippen molar-refractivity contribution in [3.05, 3.63) is 40.8 Å². The minimum atomic E-state index is -0.0363. The van der Waals surface area contributed by atoms with Gasteiger partial charge in [0.1, 0.15) is 0 Å². The van der Waals surface area contributed by atoms with E-state index in [0.29, 0.717) is 35.5 Å². The number of carbonyl (C=O) groups is 1. The fraction of sp³-hybridized carbons (Fsp3) is 0.286. The maximum atomic E-state index is 12.5. The molecule has 0 atom stereocenters. The first-order chi connectivity index (χ1) is 9.75. The molecule has 2 fully saturated rings. The highest BCUT2D eigenvalue weighted by atomic mass is 32.2. The number of hydrogen-bond donors (Lipinski definition) is 0. The predicted octanol–water partition coefficient (Wildman–Crippen LogP) is 2.13. The maximum absolute atomic E-state index is 12.5. The summed E-state index contributed by atoms with van der Waals surface area (Å²) >= 11 is 6.69. The van der Waals surface area contributed by atoms with Gasteiger partial charge in [0, 0.05) is 13.1 Å². The normalized spacial score (nSPS) is 22.8. The highest BCUT2D eigenvalue weighted by Gasteiger charge is 2.36. The second-order valence-corrected chi connectivity index (χ2v) is 6.15. The number of amides is 1. The molecule has 2 aliphatic heterocycles. The Balaban J connectivity index is 1.81. The van der Waals surface area contributed by atoms with Crippen molar-refractivity contribution in [2.75, 3.05) is 26.3 Å². The number of thiocarbonyl (C=S) groups is 1. The van der Waals surface area contributed by atoms with Crippen LogP contribution in [0.25, 0.3) is 6.08 Å². The molecule has 0 aromatic heterocycles. The number of ether oxygens (including phenoxy) is 1. The summed E-state index contributed by atoms with van der Waals surface area (Å²) < 4.78 is 5.90. The SMILES string of the molecule is O=C1/C(=C\c2ccccc2)SC(=S)N1N1CCOCC1. The molecule has 20 heavy (non-hydrogen) atoms. The van der Waals surface area contributed by atoms with Gasteiger partial charge in [0.05, 0.1) is 18.1 Å². The largest absolute Gasteiger partial charge is 0.379 e. The van der Waals surface area contributed by atoms with Gasteiger partial charge >= 0.3 is 0 Å². The van der Waals surface area contributed by atoms with E-state index in [9.17, 15) is 4.79 Å². The van der Waals surface area contributed by atoms with Crippen molar-refractivity contribution < 1.29 is 9.53 Å². The topological polar surface area (TPSA) is 32.8 Å². The number of hydrogen-bond acceptors (Lipinski definition) is 5. The van der Waals surface area contributed by atoms with Gasteiger partial charge in [-0.05, 0) is 11.6 Å². The molecular weight excluding hydrogens is 292 g/mol. The van der Waals surface area contributed by atoms with Crippen LogP contribution in [0, 0.1) is 0 Å². The lowest BCUT2D eigenvalue weighted by Crippen LogP contribution is -2.50. The van der Waals surface area contributed by atoms with Crippen molar-refractivity contribution in [3.63, 3.8) is 0 Å². The number of hydrazine groups is 1. The molecule has 6 heteroatoms. The number of rotatable bonds is 2. The Hall–Kier alpha value is -1.21. The Morgan fingerprint density at radius 1 is 1.20 bits per heavy atom. The molecule has 2 saturated heterocycles. The standard InChI is InChI=1S/C14H14N2O2S2/c17-13-12(10-11-4-2-1-3-5-11)20-14(19)16(13)15-6-8-18-9-7-15/h1-5,10H,6-9H2/b12-10+. The first-order valence-electron chi connectivity index (χ1n) is 6.41. The smallest absolute Gasteiger partial charge is 0.280 e. The average molecular weight is 306 g/mol. The highest BCUT2D eigenvalue weighted by Crippen LogP contribution is 2.33. The van der Waals surface area contributed by atoms with Gasteiger partial charge in [-0.1, -0.05) is 54.3 Å². The number of carbonyl (C=O) groups excluding carboxylic acids is 1. The van der Waals surface area contributed by atoms with E-state index in [4.69, 9.17) is 17.0 Å². The molecule has 104 valence electrons. The zero-order chi connectivity index (χ0) is 13.9. The van der Waals surface area contributed by atoms with Crippen molar-refractivity contribution >= 4 is 40.3 Å². The van der Waals surface area contributed by atoms with Crippen molar-refractivity contribution in [1.82, 2.24) is 10.0 Å². The number of morpholine rings is 1. The van der Waals surface area contributed by atoms with Gasteiger partial charge in [-0.2, -0.15) is 0 Å². The van der Waals surface area contributed by atoms with E-state index in [1.54, 1.807) is 5.01 Å². The van der Waals surface area contributed by atoms with E-state index in [1.165, 1.54) is 11.8 Å². The third-order valence-electron chi connectivity index (χ3n) is 3.14. The van der Waals surface area contributed by atoms with Crippen LogP contribution in [0.1, 0.15) is 5.56 Å². The fourth-order valence-electron chi connectivity index (χ4n) is 2.16. The predicted molar refractivity (Wildman–Crippen MR) is 83.8 cm³/mol. The molecule has 0 N–H and O–H groups in total. The molecule has 1 amide bonds. The molecule has 4 nitrogen and oxygen atoms in total. The Bertz CT molecular complexity index is 554. The van der Waals surface area contributed by atoms with Crippen molar-refractivity contribution in [3.8, 4) is 0 Å². The highest BCUT2D eigenvalue weighted by molar-refractivity contribution is 8.26. The van der Waals surface area contributed by atoms with Crippen LogP contribution in [-0.2, 0) is 9.53 Å². The van der Waals surface area contributed by atoms with E-state index in [1.807, 2.05) is 41.4 Å².